The van der Waals surface area contributed by atoms with Crippen LogP contribution in [0.25, 0.3) is 0 Å². The van der Waals surface area contributed by atoms with Crippen LogP contribution in [0.3, 0.4) is 0 Å². The number of carbonyl (C=O) groups excluding carboxylic acids is 1. The minimum Gasteiger partial charge on any atom is -0.378 e. The molecule has 1 fully saturated rings. The molecule has 0 heterocycles. The van der Waals surface area contributed by atoms with Crippen molar-refractivity contribution in [3.63, 3.8) is 0 Å². The summed E-state index contributed by atoms with van der Waals surface area (Å²) in [7, 11) is 0. The Kier molecular flexibility index (Phi) is 5.77. The van der Waals surface area contributed by atoms with Gasteiger partial charge in [-0.15, -0.1) is 0 Å². The van der Waals surface area contributed by atoms with Crippen LogP contribution in [0.15, 0.2) is 0 Å². The van der Waals surface area contributed by atoms with Crippen LogP contribution < -0.4 is 11.1 Å². The summed E-state index contributed by atoms with van der Waals surface area (Å²) >= 11 is 0. The lowest BCUT2D eigenvalue weighted by molar-refractivity contribution is -0.125. The molecule has 94 valence electrons. The van der Waals surface area contributed by atoms with Crippen LogP contribution in [0.5, 0.6) is 0 Å². The molecule has 0 aromatic carbocycles. The quantitative estimate of drug-likeness (QED) is 0.688. The highest BCUT2D eigenvalue weighted by Gasteiger charge is 2.31. The van der Waals surface area contributed by atoms with Gasteiger partial charge in [0.25, 0.3) is 0 Å². The number of hydrogen-bond donors (Lipinski definition) is 2. The predicted molar refractivity (Wildman–Crippen MR) is 64.1 cm³/mol. The molecular weight excluding hydrogens is 204 g/mol. The van der Waals surface area contributed by atoms with E-state index >= 15 is 0 Å². The Morgan fingerprint density at radius 3 is 2.75 bits per heavy atom. The maximum atomic E-state index is 11.6. The molecule has 0 saturated heterocycles. The Bertz CT molecular complexity index is 215. The summed E-state index contributed by atoms with van der Waals surface area (Å²) in [6.07, 6.45) is 5.07. The van der Waals surface area contributed by atoms with Crippen molar-refractivity contribution < 1.29 is 9.53 Å². The van der Waals surface area contributed by atoms with Crippen LogP contribution in [0, 0.1) is 0 Å². The van der Waals surface area contributed by atoms with Crippen LogP contribution >= 0.6 is 0 Å². The maximum Gasteiger partial charge on any atom is 0.237 e. The summed E-state index contributed by atoms with van der Waals surface area (Å²) in [4.78, 5) is 11.6. The number of ether oxygens (including phenoxy) is 1. The van der Waals surface area contributed by atoms with Gasteiger partial charge in [0.2, 0.25) is 5.91 Å². The molecular formula is C12H24N2O2. The number of nitrogens with one attached hydrogen (secondary N) is 1. The van der Waals surface area contributed by atoms with Gasteiger partial charge in [-0.2, -0.15) is 0 Å². The van der Waals surface area contributed by atoms with Gasteiger partial charge < -0.3 is 15.8 Å². The SMILES string of the molecule is CCCCC(N)C(=O)NC1CC(OCC)C1. The van der Waals surface area contributed by atoms with Gasteiger partial charge in [0.1, 0.15) is 0 Å². The zero-order valence-corrected chi connectivity index (χ0v) is 10.4. The second-order valence-corrected chi connectivity index (χ2v) is 4.50. The van der Waals surface area contributed by atoms with Crippen LogP contribution in [-0.2, 0) is 9.53 Å². The average molecular weight is 228 g/mol. The lowest BCUT2D eigenvalue weighted by Gasteiger charge is -2.35. The molecule has 1 amide bonds. The first-order valence-electron chi connectivity index (χ1n) is 6.34. The van der Waals surface area contributed by atoms with E-state index in [1.807, 2.05) is 6.92 Å². The number of rotatable bonds is 7. The van der Waals surface area contributed by atoms with E-state index in [0.717, 1.165) is 38.7 Å². The third-order valence-corrected chi connectivity index (χ3v) is 3.05. The molecule has 4 nitrogen and oxygen atoms in total. The molecule has 1 rings (SSSR count). The van der Waals surface area contributed by atoms with E-state index in [4.69, 9.17) is 10.5 Å². The van der Waals surface area contributed by atoms with Crippen LogP contribution in [-0.4, -0.2) is 30.7 Å². The van der Waals surface area contributed by atoms with Gasteiger partial charge in [-0.05, 0) is 26.2 Å². The fourth-order valence-electron chi connectivity index (χ4n) is 1.92. The van der Waals surface area contributed by atoms with Gasteiger partial charge in [0.15, 0.2) is 0 Å². The van der Waals surface area contributed by atoms with E-state index in [9.17, 15) is 4.79 Å². The fraction of sp³-hybridized carbons (Fsp3) is 0.917. The highest BCUT2D eigenvalue weighted by Crippen LogP contribution is 2.23. The second-order valence-electron chi connectivity index (χ2n) is 4.50. The molecule has 0 spiro atoms. The van der Waals surface area contributed by atoms with E-state index in [0.29, 0.717) is 6.10 Å². The Morgan fingerprint density at radius 2 is 2.19 bits per heavy atom. The van der Waals surface area contributed by atoms with Crippen molar-refractivity contribution in [1.29, 1.82) is 0 Å². The summed E-state index contributed by atoms with van der Waals surface area (Å²) < 4.78 is 5.43. The van der Waals surface area contributed by atoms with Crippen molar-refractivity contribution in [2.45, 2.75) is 64.1 Å². The minimum absolute atomic E-state index is 0.00611. The third-order valence-electron chi connectivity index (χ3n) is 3.05. The Hall–Kier alpha value is -0.610. The van der Waals surface area contributed by atoms with Crippen molar-refractivity contribution in [3.8, 4) is 0 Å². The molecule has 16 heavy (non-hydrogen) atoms. The third kappa shape index (κ3) is 4.10. The molecule has 0 aromatic rings. The zero-order chi connectivity index (χ0) is 12.0. The molecule has 1 unspecified atom stereocenters. The molecule has 0 bridgehead atoms. The maximum absolute atomic E-state index is 11.6. The van der Waals surface area contributed by atoms with Gasteiger partial charge in [0, 0.05) is 12.6 Å². The van der Waals surface area contributed by atoms with Gasteiger partial charge in [-0.3, -0.25) is 4.79 Å². The van der Waals surface area contributed by atoms with Gasteiger partial charge >= 0.3 is 0 Å². The topological polar surface area (TPSA) is 64.4 Å². The van der Waals surface area contributed by atoms with Gasteiger partial charge in [-0.25, -0.2) is 0 Å². The molecule has 0 aromatic heterocycles. The number of hydrogen-bond acceptors (Lipinski definition) is 3. The average Bonchev–Trinajstić information content (AvgIpc) is 2.22. The summed E-state index contributed by atoms with van der Waals surface area (Å²) in [5, 5.41) is 2.97. The minimum atomic E-state index is -0.342. The van der Waals surface area contributed by atoms with E-state index < -0.39 is 0 Å². The zero-order valence-electron chi connectivity index (χ0n) is 10.4. The first kappa shape index (κ1) is 13.5. The standard InChI is InChI=1S/C12H24N2O2/c1-3-5-6-11(13)12(15)14-9-7-10(8-9)16-4-2/h9-11H,3-8,13H2,1-2H3,(H,14,15). The van der Waals surface area contributed by atoms with E-state index in [1.165, 1.54) is 0 Å². The van der Waals surface area contributed by atoms with E-state index in [-0.39, 0.29) is 18.0 Å². The molecule has 4 heteroatoms. The van der Waals surface area contributed by atoms with E-state index in [2.05, 4.69) is 12.2 Å². The molecule has 1 atom stereocenters. The first-order chi connectivity index (χ1) is 7.67. The molecule has 3 N–H and O–H groups in total. The summed E-state index contributed by atoms with van der Waals surface area (Å²) in [6.45, 7) is 4.84. The van der Waals surface area contributed by atoms with Crippen molar-refractivity contribution in [1.82, 2.24) is 5.32 Å². The smallest absolute Gasteiger partial charge is 0.237 e. The summed E-state index contributed by atoms with van der Waals surface area (Å²) in [5.41, 5.74) is 5.78. The Balaban J connectivity index is 2.11. The fourth-order valence-corrected chi connectivity index (χ4v) is 1.92. The molecule has 1 saturated carbocycles. The lowest BCUT2D eigenvalue weighted by atomic mass is 9.89. The van der Waals surface area contributed by atoms with E-state index in [1.54, 1.807) is 0 Å². The van der Waals surface area contributed by atoms with Gasteiger partial charge in [-0.1, -0.05) is 19.8 Å². The molecule has 1 aliphatic carbocycles. The highest BCUT2D eigenvalue weighted by atomic mass is 16.5. The molecule has 0 radical (unpaired) electrons. The highest BCUT2D eigenvalue weighted by molar-refractivity contribution is 5.81. The first-order valence-corrected chi connectivity index (χ1v) is 6.34. The largest absolute Gasteiger partial charge is 0.378 e. The summed E-state index contributed by atoms with van der Waals surface area (Å²) in [6, 6.07) is -0.0668. The number of unbranched alkanes of at least 4 members (excludes halogenated alkanes) is 1. The number of carbonyl (C=O) groups is 1. The van der Waals surface area contributed by atoms with Crippen molar-refractivity contribution in [3.05, 3.63) is 0 Å². The van der Waals surface area contributed by atoms with Crippen molar-refractivity contribution in [2.24, 2.45) is 5.73 Å². The van der Waals surface area contributed by atoms with Crippen LogP contribution in [0.2, 0.25) is 0 Å². The summed E-state index contributed by atoms with van der Waals surface area (Å²) in [5.74, 6) is -0.00611. The van der Waals surface area contributed by atoms with Crippen LogP contribution in [0.1, 0.15) is 46.0 Å². The monoisotopic (exact) mass is 228 g/mol. The normalized spacial score (nSPS) is 25.9. The van der Waals surface area contributed by atoms with Crippen molar-refractivity contribution in [2.75, 3.05) is 6.61 Å². The van der Waals surface area contributed by atoms with Gasteiger partial charge in [0.05, 0.1) is 12.1 Å². The van der Waals surface area contributed by atoms with Crippen molar-refractivity contribution >= 4 is 5.91 Å². The number of nitrogens with two attached hydrogens (primary N) is 1. The molecule has 1 aliphatic rings. The lowest BCUT2D eigenvalue weighted by Crippen LogP contribution is -2.52. The Morgan fingerprint density at radius 1 is 1.50 bits per heavy atom. The Labute approximate surface area is 97.9 Å². The molecule has 0 aliphatic heterocycles. The predicted octanol–water partition coefficient (Wildman–Crippen LogP) is 1.19. The van der Waals surface area contributed by atoms with Crippen LogP contribution in [0.4, 0.5) is 0 Å². The number of amides is 1. The second kappa shape index (κ2) is 6.86.